The Morgan fingerprint density at radius 1 is 0.743 bits per heavy atom. The van der Waals surface area contributed by atoms with E-state index in [1.54, 1.807) is 13.8 Å². The summed E-state index contributed by atoms with van der Waals surface area (Å²) < 4.78 is 87.6. The first-order chi connectivity index (χ1) is 15.5. The Bertz CT molecular complexity index is 714. The predicted octanol–water partition coefficient (Wildman–Crippen LogP) is 8.03. The number of hydrogen-bond acceptors (Lipinski definition) is 4. The van der Waals surface area contributed by atoms with Gasteiger partial charge in [-0.2, -0.15) is 26.3 Å². The van der Waals surface area contributed by atoms with Crippen molar-refractivity contribution in [2.75, 3.05) is 0 Å². The van der Waals surface area contributed by atoms with Crippen molar-refractivity contribution in [3.05, 3.63) is 0 Å². The Labute approximate surface area is 205 Å². The fourth-order valence-corrected chi connectivity index (χ4v) is 4.14. The topological polar surface area (TPSA) is 52.6 Å². The summed E-state index contributed by atoms with van der Waals surface area (Å²) in [5, 5.41) is 0. The average molecular weight is 521 g/mol. The molecule has 35 heavy (non-hydrogen) atoms. The molecule has 0 aromatic rings. The lowest BCUT2D eigenvalue weighted by molar-refractivity contribution is -0.315. The highest BCUT2D eigenvalue weighted by Crippen LogP contribution is 2.51. The lowest BCUT2D eigenvalue weighted by Gasteiger charge is -2.48. The van der Waals surface area contributed by atoms with Crippen LogP contribution in [0.2, 0.25) is 0 Å². The smallest absolute Gasteiger partial charge is 0.434 e. The Kier molecular flexibility index (Phi) is 10.8. The molecular formula is C25H42F6O4. The second kappa shape index (κ2) is 11.3. The van der Waals surface area contributed by atoms with Crippen LogP contribution in [0.5, 0.6) is 0 Å². The molecule has 0 saturated heterocycles. The molecule has 0 N–H and O–H groups in total. The number of carbonyl (C=O) groups excluding carboxylic acids is 2. The van der Waals surface area contributed by atoms with Crippen molar-refractivity contribution in [2.45, 2.75) is 125 Å². The average Bonchev–Trinajstić information content (AvgIpc) is 2.70. The van der Waals surface area contributed by atoms with Crippen LogP contribution < -0.4 is 0 Å². The summed E-state index contributed by atoms with van der Waals surface area (Å²) in [5.41, 5.74) is -3.52. The lowest BCUT2D eigenvalue weighted by Crippen LogP contribution is -2.53. The predicted molar refractivity (Wildman–Crippen MR) is 121 cm³/mol. The van der Waals surface area contributed by atoms with Gasteiger partial charge in [0.05, 0.1) is 11.3 Å². The van der Waals surface area contributed by atoms with Crippen LogP contribution in [0.3, 0.4) is 0 Å². The van der Waals surface area contributed by atoms with Gasteiger partial charge >= 0.3 is 24.3 Å². The van der Waals surface area contributed by atoms with Crippen LogP contribution in [0.4, 0.5) is 26.3 Å². The van der Waals surface area contributed by atoms with E-state index in [1.807, 2.05) is 41.5 Å². The molecule has 0 aromatic heterocycles. The molecule has 10 heteroatoms. The summed E-state index contributed by atoms with van der Waals surface area (Å²) in [6.45, 7) is 17.8. The Balaban J connectivity index is 6.29. The molecule has 0 aliphatic rings. The van der Waals surface area contributed by atoms with Crippen molar-refractivity contribution in [2.24, 2.45) is 22.2 Å². The molecule has 0 aliphatic heterocycles. The van der Waals surface area contributed by atoms with Crippen LogP contribution in [0, 0.1) is 22.2 Å². The number of ether oxygens (including phenoxy) is 2. The highest BCUT2D eigenvalue weighted by Gasteiger charge is 2.61. The van der Waals surface area contributed by atoms with Crippen LogP contribution in [-0.2, 0) is 19.1 Å². The Morgan fingerprint density at radius 3 is 1.51 bits per heavy atom. The SMILES string of the molecule is CCC(C(=O)OC(C(F)(F)F)C(F)(F)F)C(C)(CC)OC(=O)C(C)(CC(C)(C)CC)C(C)(C)CC. The van der Waals surface area contributed by atoms with E-state index in [0.717, 1.165) is 6.42 Å². The van der Waals surface area contributed by atoms with Crippen LogP contribution in [0.25, 0.3) is 0 Å². The summed E-state index contributed by atoms with van der Waals surface area (Å²) in [7, 11) is 0. The first kappa shape index (κ1) is 33.5. The third kappa shape index (κ3) is 8.00. The second-order valence-corrected chi connectivity index (χ2v) is 11.2. The van der Waals surface area contributed by atoms with Crippen molar-refractivity contribution in [3.63, 3.8) is 0 Å². The molecule has 0 aromatic carbocycles. The summed E-state index contributed by atoms with van der Waals surface area (Å²) in [5.74, 6) is -3.89. The van der Waals surface area contributed by atoms with E-state index in [9.17, 15) is 35.9 Å². The second-order valence-electron chi connectivity index (χ2n) is 11.2. The van der Waals surface area contributed by atoms with Crippen molar-refractivity contribution < 1.29 is 45.4 Å². The maximum atomic E-state index is 13.7. The fourth-order valence-electron chi connectivity index (χ4n) is 4.14. The van der Waals surface area contributed by atoms with Crippen molar-refractivity contribution in [1.29, 1.82) is 0 Å². The summed E-state index contributed by atoms with van der Waals surface area (Å²) >= 11 is 0. The third-order valence-electron chi connectivity index (χ3n) is 7.90. The van der Waals surface area contributed by atoms with Gasteiger partial charge in [0.15, 0.2) is 0 Å². The molecule has 0 rings (SSSR count). The largest absolute Gasteiger partial charge is 0.458 e. The minimum atomic E-state index is -5.83. The van der Waals surface area contributed by atoms with E-state index in [-0.39, 0.29) is 18.3 Å². The van der Waals surface area contributed by atoms with Gasteiger partial charge in [0.1, 0.15) is 5.60 Å². The Hall–Kier alpha value is -1.48. The molecule has 4 nitrogen and oxygen atoms in total. The molecule has 208 valence electrons. The van der Waals surface area contributed by atoms with Gasteiger partial charge in [-0.3, -0.25) is 9.59 Å². The van der Waals surface area contributed by atoms with E-state index >= 15 is 0 Å². The normalized spacial score (nSPS) is 18.0. The van der Waals surface area contributed by atoms with Crippen molar-refractivity contribution >= 4 is 11.9 Å². The quantitative estimate of drug-likeness (QED) is 0.193. The molecule has 3 atom stereocenters. The van der Waals surface area contributed by atoms with Gasteiger partial charge in [-0.15, -0.1) is 0 Å². The van der Waals surface area contributed by atoms with Gasteiger partial charge in [0.2, 0.25) is 0 Å². The van der Waals surface area contributed by atoms with Gasteiger partial charge < -0.3 is 9.47 Å². The molecule has 0 radical (unpaired) electrons. The number of halogens is 6. The summed E-state index contributed by atoms with van der Waals surface area (Å²) in [4.78, 5) is 26.3. The molecule has 0 bridgehead atoms. The molecule has 0 fully saturated rings. The van der Waals surface area contributed by atoms with Crippen LogP contribution >= 0.6 is 0 Å². The number of hydrogen-bond donors (Lipinski definition) is 0. The maximum absolute atomic E-state index is 13.7. The fraction of sp³-hybridized carbons (Fsp3) is 0.920. The highest BCUT2D eigenvalue weighted by molar-refractivity contribution is 5.80. The van der Waals surface area contributed by atoms with Crippen LogP contribution in [0.15, 0.2) is 0 Å². The zero-order valence-electron chi connectivity index (χ0n) is 22.6. The standard InChI is InChI=1S/C25H42F6O4/c1-11-16(17(32)34-18(24(26,27)28)25(29,30)31)23(10,14-4)35-19(33)22(9,21(7,8)13-3)15-20(5,6)12-2/h16,18H,11-15H2,1-10H3. The first-order valence-electron chi connectivity index (χ1n) is 12.0. The minimum Gasteiger partial charge on any atom is -0.458 e. The molecule has 0 amide bonds. The number of esters is 2. The van der Waals surface area contributed by atoms with E-state index in [1.165, 1.54) is 13.8 Å². The van der Waals surface area contributed by atoms with Gasteiger partial charge in [0.25, 0.3) is 6.10 Å². The van der Waals surface area contributed by atoms with Crippen LogP contribution in [0.1, 0.15) is 101 Å². The van der Waals surface area contributed by atoms with E-state index < -0.39 is 52.7 Å². The van der Waals surface area contributed by atoms with Crippen molar-refractivity contribution in [3.8, 4) is 0 Å². The van der Waals surface area contributed by atoms with Gasteiger partial charge in [0, 0.05) is 0 Å². The zero-order valence-corrected chi connectivity index (χ0v) is 22.6. The molecule has 0 heterocycles. The van der Waals surface area contributed by atoms with E-state index in [2.05, 4.69) is 4.74 Å². The molecule has 0 saturated carbocycles. The first-order valence-corrected chi connectivity index (χ1v) is 12.0. The maximum Gasteiger partial charge on any atom is 0.434 e. The number of rotatable bonds is 12. The summed E-state index contributed by atoms with van der Waals surface area (Å²) in [6, 6.07) is 0. The van der Waals surface area contributed by atoms with Crippen LogP contribution in [-0.4, -0.2) is 36.0 Å². The minimum absolute atomic E-state index is 0.0190. The highest BCUT2D eigenvalue weighted by atomic mass is 19.4. The lowest BCUT2D eigenvalue weighted by atomic mass is 9.58. The van der Waals surface area contributed by atoms with E-state index in [4.69, 9.17) is 4.74 Å². The van der Waals surface area contributed by atoms with E-state index in [0.29, 0.717) is 12.8 Å². The monoisotopic (exact) mass is 520 g/mol. The van der Waals surface area contributed by atoms with Gasteiger partial charge in [-0.1, -0.05) is 61.8 Å². The third-order valence-corrected chi connectivity index (χ3v) is 7.90. The zero-order chi connectivity index (χ0) is 28.3. The van der Waals surface area contributed by atoms with Gasteiger partial charge in [-0.25, -0.2) is 0 Å². The molecule has 0 spiro atoms. The van der Waals surface area contributed by atoms with Crippen molar-refractivity contribution in [1.82, 2.24) is 0 Å². The molecule has 0 aliphatic carbocycles. The number of carbonyl (C=O) groups is 2. The summed E-state index contributed by atoms with van der Waals surface area (Å²) in [6.07, 6.45) is -14.3. The van der Waals surface area contributed by atoms with Gasteiger partial charge in [-0.05, 0) is 50.4 Å². The number of alkyl halides is 6. The Morgan fingerprint density at radius 2 is 1.20 bits per heavy atom. The molecular weight excluding hydrogens is 478 g/mol. The molecule has 3 unspecified atom stereocenters.